The molecule has 1 rings (SSSR count). The van der Waals surface area contributed by atoms with Crippen LogP contribution in [0.5, 0.6) is 0 Å². The molecule has 0 aliphatic rings. The van der Waals surface area contributed by atoms with E-state index in [4.69, 9.17) is 10.00 Å². The predicted molar refractivity (Wildman–Crippen MR) is 83.9 cm³/mol. The number of halogens is 3. The van der Waals surface area contributed by atoms with Crippen LogP contribution < -0.4 is 0 Å². The Labute approximate surface area is 143 Å². The van der Waals surface area contributed by atoms with Gasteiger partial charge in [0.25, 0.3) is 5.91 Å². The molecule has 0 fully saturated rings. The Bertz CT molecular complexity index is 676. The largest absolute Gasteiger partial charge is 0.449 e. The second-order valence-electron chi connectivity index (χ2n) is 5.20. The lowest BCUT2D eigenvalue weighted by Gasteiger charge is -2.19. The van der Waals surface area contributed by atoms with Gasteiger partial charge in [-0.05, 0) is 30.7 Å². The summed E-state index contributed by atoms with van der Waals surface area (Å²) in [6.45, 7) is 1.62. The minimum absolute atomic E-state index is 0.163. The van der Waals surface area contributed by atoms with Gasteiger partial charge in [0, 0.05) is 19.7 Å². The first-order chi connectivity index (χ1) is 11.6. The number of nitrogens with zero attached hydrogens (tertiary/aromatic N) is 2. The number of hydrogen-bond acceptors (Lipinski definition) is 4. The second-order valence-corrected chi connectivity index (χ2v) is 5.20. The maximum absolute atomic E-state index is 12.4. The van der Waals surface area contributed by atoms with Crippen LogP contribution in [-0.4, -0.2) is 36.5 Å². The van der Waals surface area contributed by atoms with Crippen LogP contribution in [-0.2, 0) is 20.5 Å². The third-order valence-electron chi connectivity index (χ3n) is 3.23. The lowest BCUT2D eigenvalue weighted by molar-refractivity contribution is -0.154. The van der Waals surface area contributed by atoms with Crippen molar-refractivity contribution in [3.8, 4) is 6.07 Å². The lowest BCUT2D eigenvalue weighted by Crippen LogP contribution is -2.37. The first-order valence-corrected chi connectivity index (χ1v) is 7.33. The summed E-state index contributed by atoms with van der Waals surface area (Å²) >= 11 is 0. The highest BCUT2D eigenvalue weighted by Crippen LogP contribution is 2.29. The van der Waals surface area contributed by atoms with Gasteiger partial charge in [0.2, 0.25) is 0 Å². The summed E-state index contributed by atoms with van der Waals surface area (Å²) in [5.41, 5.74) is -0.401. The van der Waals surface area contributed by atoms with E-state index < -0.39 is 29.7 Å². The van der Waals surface area contributed by atoms with Crippen LogP contribution in [0.3, 0.4) is 0 Å². The Balaban J connectivity index is 2.59. The molecule has 5 nitrogen and oxygen atoms in total. The molecule has 0 N–H and O–H groups in total. The highest BCUT2D eigenvalue weighted by molar-refractivity contribution is 5.90. The van der Waals surface area contributed by atoms with E-state index in [1.807, 2.05) is 6.07 Å². The number of benzene rings is 1. The van der Waals surface area contributed by atoms with E-state index in [-0.39, 0.29) is 13.0 Å². The molecule has 0 aliphatic carbocycles. The van der Waals surface area contributed by atoms with Crippen LogP contribution in [0.2, 0.25) is 0 Å². The Morgan fingerprint density at radius 2 is 1.92 bits per heavy atom. The molecule has 0 aromatic heterocycles. The number of hydrogen-bond donors (Lipinski definition) is 0. The smallest absolute Gasteiger partial charge is 0.416 e. The molecule has 0 radical (unpaired) electrons. The number of nitriles is 1. The zero-order chi connectivity index (χ0) is 19.0. The Morgan fingerprint density at radius 1 is 1.32 bits per heavy atom. The fourth-order valence-electron chi connectivity index (χ4n) is 1.85. The van der Waals surface area contributed by atoms with Crippen LogP contribution in [0.4, 0.5) is 13.2 Å². The maximum Gasteiger partial charge on any atom is 0.416 e. The molecule has 1 atom stereocenters. The molecule has 0 spiro atoms. The molecule has 1 amide bonds. The van der Waals surface area contributed by atoms with Gasteiger partial charge in [0.15, 0.2) is 6.10 Å². The average molecular weight is 354 g/mol. The lowest BCUT2D eigenvalue weighted by atomic mass is 10.1. The number of likely N-dealkylation sites (N-methyl/N-ethyl adjacent to an activating group) is 1. The van der Waals surface area contributed by atoms with Crippen molar-refractivity contribution >= 4 is 18.0 Å². The molecule has 1 aromatic carbocycles. The van der Waals surface area contributed by atoms with E-state index in [1.165, 1.54) is 37.1 Å². The van der Waals surface area contributed by atoms with Crippen LogP contribution in [0.1, 0.15) is 24.5 Å². The fourth-order valence-corrected chi connectivity index (χ4v) is 1.85. The third-order valence-corrected chi connectivity index (χ3v) is 3.23. The number of alkyl halides is 3. The number of carbonyl (C=O) groups is 2. The molecule has 0 unspecified atom stereocenters. The summed E-state index contributed by atoms with van der Waals surface area (Å²) in [4.78, 5) is 24.9. The summed E-state index contributed by atoms with van der Waals surface area (Å²) < 4.78 is 42.3. The minimum Gasteiger partial charge on any atom is -0.449 e. The van der Waals surface area contributed by atoms with Gasteiger partial charge < -0.3 is 9.64 Å². The Kier molecular flexibility index (Phi) is 7.18. The van der Waals surface area contributed by atoms with Crippen molar-refractivity contribution in [2.45, 2.75) is 25.6 Å². The van der Waals surface area contributed by atoms with Crippen molar-refractivity contribution in [2.75, 3.05) is 13.6 Å². The second kappa shape index (κ2) is 8.87. The normalized spacial score (nSPS) is 12.5. The van der Waals surface area contributed by atoms with Gasteiger partial charge in [-0.25, -0.2) is 4.79 Å². The zero-order valence-corrected chi connectivity index (χ0v) is 13.7. The molecular formula is C17H17F3N2O3. The SMILES string of the molecule is C[C@H](OC(=O)/C=C/c1ccc(C(F)(F)F)cc1)C(=O)N(C)CCC#N. The molecular weight excluding hydrogens is 337 g/mol. The summed E-state index contributed by atoms with van der Waals surface area (Å²) in [7, 11) is 1.49. The highest BCUT2D eigenvalue weighted by Gasteiger charge is 2.29. The third kappa shape index (κ3) is 6.67. The van der Waals surface area contributed by atoms with Crippen molar-refractivity contribution < 1.29 is 27.5 Å². The first-order valence-electron chi connectivity index (χ1n) is 7.33. The van der Waals surface area contributed by atoms with Crippen molar-refractivity contribution in [1.29, 1.82) is 5.26 Å². The number of esters is 1. The van der Waals surface area contributed by atoms with E-state index in [0.717, 1.165) is 18.2 Å². The monoisotopic (exact) mass is 354 g/mol. The van der Waals surface area contributed by atoms with Gasteiger partial charge >= 0.3 is 12.1 Å². The highest BCUT2D eigenvalue weighted by atomic mass is 19.4. The molecule has 0 saturated heterocycles. The maximum atomic E-state index is 12.4. The average Bonchev–Trinajstić information content (AvgIpc) is 2.56. The van der Waals surface area contributed by atoms with Gasteiger partial charge in [-0.1, -0.05) is 12.1 Å². The van der Waals surface area contributed by atoms with E-state index in [1.54, 1.807) is 0 Å². The van der Waals surface area contributed by atoms with Crippen LogP contribution >= 0.6 is 0 Å². The van der Waals surface area contributed by atoms with Gasteiger partial charge in [-0.3, -0.25) is 4.79 Å². The van der Waals surface area contributed by atoms with Gasteiger partial charge in [-0.2, -0.15) is 18.4 Å². The summed E-state index contributed by atoms with van der Waals surface area (Å²) in [5, 5.41) is 8.48. The van der Waals surface area contributed by atoms with Gasteiger partial charge in [0.1, 0.15) is 0 Å². The van der Waals surface area contributed by atoms with Crippen molar-refractivity contribution in [2.24, 2.45) is 0 Å². The van der Waals surface area contributed by atoms with Crippen molar-refractivity contribution in [1.82, 2.24) is 4.90 Å². The molecule has 1 aromatic rings. The molecule has 0 bridgehead atoms. The standard InChI is InChI=1S/C17H17F3N2O3/c1-12(16(24)22(2)11-3-10-21)25-15(23)9-6-13-4-7-14(8-5-13)17(18,19)20/h4-9,12H,3,11H2,1-2H3/b9-6+/t12-/m0/s1. The number of rotatable bonds is 6. The summed E-state index contributed by atoms with van der Waals surface area (Å²) in [6.07, 6.45) is -2.97. The minimum atomic E-state index is -4.42. The van der Waals surface area contributed by atoms with Crippen molar-refractivity contribution in [3.63, 3.8) is 0 Å². The van der Waals surface area contributed by atoms with Gasteiger partial charge in [0.05, 0.1) is 18.1 Å². The molecule has 0 aliphatic heterocycles. The molecule has 8 heteroatoms. The van der Waals surface area contributed by atoms with Crippen LogP contribution in [0, 0.1) is 11.3 Å². The summed E-state index contributed by atoms with van der Waals surface area (Å²) in [5.74, 6) is -1.25. The summed E-state index contributed by atoms with van der Waals surface area (Å²) in [6, 6.07) is 6.15. The molecule has 0 saturated carbocycles. The van der Waals surface area contributed by atoms with E-state index >= 15 is 0 Å². The van der Waals surface area contributed by atoms with Crippen molar-refractivity contribution in [3.05, 3.63) is 41.5 Å². The molecule has 0 heterocycles. The number of carbonyl (C=O) groups excluding carboxylic acids is 2. The van der Waals surface area contributed by atoms with E-state index in [2.05, 4.69) is 0 Å². The Morgan fingerprint density at radius 3 is 2.44 bits per heavy atom. The quantitative estimate of drug-likeness (QED) is 0.582. The Hall–Kier alpha value is -2.82. The molecule has 134 valence electrons. The van der Waals surface area contributed by atoms with Crippen LogP contribution in [0.25, 0.3) is 6.08 Å². The molecule has 25 heavy (non-hydrogen) atoms. The van der Waals surface area contributed by atoms with E-state index in [9.17, 15) is 22.8 Å². The van der Waals surface area contributed by atoms with Crippen LogP contribution in [0.15, 0.2) is 30.3 Å². The predicted octanol–water partition coefficient (Wildman–Crippen LogP) is 3.02. The first kappa shape index (κ1) is 20.2. The zero-order valence-electron chi connectivity index (χ0n) is 13.7. The fraction of sp³-hybridized carbons (Fsp3) is 0.353. The topological polar surface area (TPSA) is 70.4 Å². The van der Waals surface area contributed by atoms with E-state index in [0.29, 0.717) is 5.56 Å². The number of ether oxygens (including phenoxy) is 1. The van der Waals surface area contributed by atoms with Gasteiger partial charge in [-0.15, -0.1) is 0 Å². The number of amides is 1.